The van der Waals surface area contributed by atoms with E-state index in [4.69, 9.17) is 0 Å². The monoisotopic (exact) mass is 295 g/mol. The van der Waals surface area contributed by atoms with E-state index >= 15 is 0 Å². The second-order valence-corrected chi connectivity index (χ2v) is 5.37. The van der Waals surface area contributed by atoms with E-state index in [2.05, 4.69) is 35.4 Å². The highest BCUT2D eigenvalue weighted by atomic mass is 16.6. The number of anilines is 1. The molecule has 0 aliphatic heterocycles. The number of aromatic nitrogens is 1. The van der Waals surface area contributed by atoms with Gasteiger partial charge in [0.15, 0.2) is 0 Å². The summed E-state index contributed by atoms with van der Waals surface area (Å²) in [5.74, 6) is 0. The summed E-state index contributed by atoms with van der Waals surface area (Å²) >= 11 is 0. The highest BCUT2D eigenvalue weighted by Gasteiger charge is 2.11. The van der Waals surface area contributed by atoms with Crippen LogP contribution in [0.3, 0.4) is 0 Å². The lowest BCUT2D eigenvalue weighted by Gasteiger charge is -2.08. The Morgan fingerprint density at radius 3 is 2.68 bits per heavy atom. The Balaban J connectivity index is 1.96. The molecule has 0 amide bonds. The molecular formula is C17H17N3O2. The summed E-state index contributed by atoms with van der Waals surface area (Å²) < 4.78 is 0. The average molecular weight is 295 g/mol. The van der Waals surface area contributed by atoms with Gasteiger partial charge in [0.2, 0.25) is 0 Å². The smallest absolute Gasteiger partial charge is 0.271 e. The number of nitro groups is 1. The van der Waals surface area contributed by atoms with Gasteiger partial charge < -0.3 is 10.3 Å². The number of benzene rings is 2. The van der Waals surface area contributed by atoms with Crippen LogP contribution in [0.2, 0.25) is 0 Å². The maximum atomic E-state index is 10.8. The lowest BCUT2D eigenvalue weighted by atomic mass is 9.99. The maximum Gasteiger partial charge on any atom is 0.271 e. The third-order valence-electron chi connectivity index (χ3n) is 3.97. The molecule has 3 rings (SSSR count). The normalized spacial score (nSPS) is 10.8. The number of hydrogen-bond acceptors (Lipinski definition) is 3. The number of fused-ring (bicyclic) bond motifs is 1. The van der Waals surface area contributed by atoms with Gasteiger partial charge in [0.05, 0.1) is 10.4 Å². The molecule has 3 aromatic rings. The molecule has 5 heteroatoms. The van der Waals surface area contributed by atoms with Crippen LogP contribution >= 0.6 is 0 Å². The van der Waals surface area contributed by atoms with E-state index in [1.165, 1.54) is 11.1 Å². The van der Waals surface area contributed by atoms with E-state index in [1.54, 1.807) is 12.1 Å². The number of nitrogens with zero attached hydrogens (tertiary/aromatic N) is 1. The molecule has 2 N–H and O–H groups in total. The van der Waals surface area contributed by atoms with Gasteiger partial charge in [-0.1, -0.05) is 6.07 Å². The van der Waals surface area contributed by atoms with Gasteiger partial charge in [-0.3, -0.25) is 10.1 Å². The first-order valence-corrected chi connectivity index (χ1v) is 7.10. The van der Waals surface area contributed by atoms with Crippen molar-refractivity contribution in [3.05, 3.63) is 69.4 Å². The molecule has 0 unspecified atom stereocenters. The van der Waals surface area contributed by atoms with Crippen molar-refractivity contribution in [3.63, 3.8) is 0 Å². The first kappa shape index (κ1) is 14.1. The molecule has 2 aromatic carbocycles. The van der Waals surface area contributed by atoms with Crippen LogP contribution in [0.25, 0.3) is 10.9 Å². The molecule has 1 heterocycles. The summed E-state index contributed by atoms with van der Waals surface area (Å²) in [6, 6.07) is 11.2. The van der Waals surface area contributed by atoms with Gasteiger partial charge in [0, 0.05) is 36.5 Å². The van der Waals surface area contributed by atoms with Gasteiger partial charge in [-0.15, -0.1) is 0 Å². The summed E-state index contributed by atoms with van der Waals surface area (Å²) in [4.78, 5) is 13.6. The van der Waals surface area contributed by atoms with Crippen molar-refractivity contribution in [2.24, 2.45) is 0 Å². The van der Waals surface area contributed by atoms with Gasteiger partial charge in [0.1, 0.15) is 0 Å². The van der Waals surface area contributed by atoms with Crippen molar-refractivity contribution in [2.75, 3.05) is 12.4 Å². The lowest BCUT2D eigenvalue weighted by Crippen LogP contribution is -1.94. The van der Waals surface area contributed by atoms with Crippen molar-refractivity contribution in [1.82, 2.24) is 4.98 Å². The summed E-state index contributed by atoms with van der Waals surface area (Å²) in [7, 11) is 1.90. The molecule has 0 radical (unpaired) electrons. The van der Waals surface area contributed by atoms with Crippen LogP contribution in [0.15, 0.2) is 42.6 Å². The van der Waals surface area contributed by atoms with Gasteiger partial charge >= 0.3 is 0 Å². The first-order chi connectivity index (χ1) is 10.6. The van der Waals surface area contributed by atoms with E-state index in [-0.39, 0.29) is 10.6 Å². The van der Waals surface area contributed by atoms with Crippen LogP contribution < -0.4 is 5.32 Å². The molecule has 22 heavy (non-hydrogen) atoms. The number of H-pyrrole nitrogens is 1. The predicted octanol–water partition coefficient (Wildman–Crippen LogP) is 4.02. The van der Waals surface area contributed by atoms with Crippen molar-refractivity contribution >= 4 is 22.3 Å². The molecule has 0 aliphatic carbocycles. The minimum absolute atomic E-state index is 0.107. The topological polar surface area (TPSA) is 71.0 Å². The SMILES string of the molecule is CNc1ccc(Cc2c[nH]c3cc([N+](=O)[O-])ccc23)c(C)c1. The lowest BCUT2D eigenvalue weighted by molar-refractivity contribution is -0.384. The average Bonchev–Trinajstić information content (AvgIpc) is 2.91. The standard InChI is InChI=1S/C17H17N3O2/c1-11-7-14(18-2)4-3-12(11)8-13-10-19-17-9-15(20(21)22)5-6-16(13)17/h3-7,9-10,18-19H,8H2,1-2H3. The highest BCUT2D eigenvalue weighted by molar-refractivity contribution is 5.85. The number of nitrogens with one attached hydrogen (secondary N) is 2. The molecule has 112 valence electrons. The molecule has 0 spiro atoms. The molecule has 5 nitrogen and oxygen atoms in total. The molecule has 0 atom stereocenters. The van der Waals surface area contributed by atoms with Crippen LogP contribution in [0.1, 0.15) is 16.7 Å². The molecular weight excluding hydrogens is 278 g/mol. The van der Waals surface area contributed by atoms with E-state index in [1.807, 2.05) is 19.3 Å². The van der Waals surface area contributed by atoms with E-state index in [9.17, 15) is 10.1 Å². The maximum absolute atomic E-state index is 10.8. The largest absolute Gasteiger partial charge is 0.388 e. The van der Waals surface area contributed by atoms with Crippen molar-refractivity contribution in [3.8, 4) is 0 Å². The number of aromatic amines is 1. The van der Waals surface area contributed by atoms with E-state index in [0.717, 1.165) is 28.6 Å². The third-order valence-corrected chi connectivity index (χ3v) is 3.97. The highest BCUT2D eigenvalue weighted by Crippen LogP contribution is 2.26. The molecule has 0 aliphatic rings. The van der Waals surface area contributed by atoms with E-state index in [0.29, 0.717) is 0 Å². The Kier molecular flexibility index (Phi) is 3.55. The number of aryl methyl sites for hydroxylation is 1. The Labute approximate surface area is 128 Å². The van der Waals surface area contributed by atoms with Gasteiger partial charge in [-0.2, -0.15) is 0 Å². The molecule has 1 aromatic heterocycles. The minimum atomic E-state index is -0.374. The number of hydrogen-bond donors (Lipinski definition) is 2. The molecule has 0 saturated carbocycles. The zero-order chi connectivity index (χ0) is 15.7. The summed E-state index contributed by atoms with van der Waals surface area (Å²) in [6.07, 6.45) is 2.73. The number of rotatable bonds is 4. The van der Waals surface area contributed by atoms with E-state index < -0.39 is 0 Å². The van der Waals surface area contributed by atoms with Crippen LogP contribution in [-0.4, -0.2) is 17.0 Å². The first-order valence-electron chi connectivity index (χ1n) is 7.10. The van der Waals surface area contributed by atoms with Crippen molar-refractivity contribution in [2.45, 2.75) is 13.3 Å². The van der Waals surface area contributed by atoms with Gasteiger partial charge in [0.25, 0.3) is 5.69 Å². The zero-order valence-electron chi connectivity index (χ0n) is 12.5. The van der Waals surface area contributed by atoms with Crippen LogP contribution in [-0.2, 0) is 6.42 Å². The minimum Gasteiger partial charge on any atom is -0.388 e. The number of nitro benzene ring substituents is 1. The van der Waals surface area contributed by atoms with Crippen molar-refractivity contribution in [1.29, 1.82) is 0 Å². The quantitative estimate of drug-likeness (QED) is 0.564. The molecule has 0 saturated heterocycles. The van der Waals surface area contributed by atoms with Crippen LogP contribution in [0.4, 0.5) is 11.4 Å². The Morgan fingerprint density at radius 1 is 1.18 bits per heavy atom. The fourth-order valence-corrected chi connectivity index (χ4v) is 2.69. The fraction of sp³-hybridized carbons (Fsp3) is 0.176. The van der Waals surface area contributed by atoms with Crippen LogP contribution in [0, 0.1) is 17.0 Å². The third kappa shape index (κ3) is 2.53. The Hall–Kier alpha value is -2.82. The summed E-state index contributed by atoms with van der Waals surface area (Å²) in [5.41, 5.74) is 5.62. The fourth-order valence-electron chi connectivity index (χ4n) is 2.69. The Bertz CT molecular complexity index is 852. The summed E-state index contributed by atoms with van der Waals surface area (Å²) in [6.45, 7) is 2.09. The predicted molar refractivity (Wildman–Crippen MR) is 88.5 cm³/mol. The molecule has 0 fully saturated rings. The summed E-state index contributed by atoms with van der Waals surface area (Å²) in [5, 5.41) is 15.0. The zero-order valence-corrected chi connectivity index (χ0v) is 12.5. The Morgan fingerprint density at radius 2 is 2.00 bits per heavy atom. The second kappa shape index (κ2) is 5.52. The van der Waals surface area contributed by atoms with Crippen LogP contribution in [0.5, 0.6) is 0 Å². The van der Waals surface area contributed by atoms with Gasteiger partial charge in [-0.25, -0.2) is 0 Å². The van der Waals surface area contributed by atoms with Crippen molar-refractivity contribution < 1.29 is 4.92 Å². The number of non-ortho nitro benzene ring substituents is 1. The second-order valence-electron chi connectivity index (χ2n) is 5.37. The molecule has 0 bridgehead atoms. The van der Waals surface area contributed by atoms with Gasteiger partial charge in [-0.05, 0) is 48.2 Å².